The molecule has 14 unspecified atom stereocenters. The van der Waals surface area contributed by atoms with Crippen LogP contribution in [0.1, 0.15) is 5.56 Å². The molecule has 22 saturated heterocycles. The van der Waals surface area contributed by atoms with Crippen LogP contribution in [0, 0.1) is 6.92 Å². The fraction of sp³-hybridized carbons (Fsp3) is 0.860. The third kappa shape index (κ3) is 11.3. The smallest absolute Gasteiger partial charge is 0.188 e. The summed E-state index contributed by atoms with van der Waals surface area (Å²) in [6.45, 7) is -4.25. The Balaban J connectivity index is 1.13. The zero-order valence-corrected chi connectivity index (χ0v) is 38.8. The van der Waals surface area contributed by atoms with Crippen molar-refractivity contribution in [3.8, 4) is 5.75 Å². The van der Waals surface area contributed by atoms with Crippen LogP contribution < -0.4 is 4.74 Å². The first-order valence-corrected chi connectivity index (χ1v) is 23.6. The zero-order chi connectivity index (χ0) is 52.7. The average molecular weight is 1060 g/mol. The molecule has 12 bridgehead atoms. The Morgan fingerprint density at radius 2 is 0.548 bits per heavy atom. The van der Waals surface area contributed by atoms with Crippen LogP contribution in [0.15, 0.2) is 24.3 Å². The molecule has 30 atom stereocenters. The first-order chi connectivity index (χ1) is 34.9. The lowest BCUT2D eigenvalue weighted by molar-refractivity contribution is -0.403. The predicted octanol–water partition coefficient (Wildman–Crippen LogP) is -10.7. The van der Waals surface area contributed by atoms with Gasteiger partial charge in [-0.25, -0.2) is 0 Å². The van der Waals surface area contributed by atoms with Gasteiger partial charge >= 0.3 is 0 Å². The topological polar surface area (TPSA) is 464 Å². The number of para-hydroxylation sites is 1. The lowest BCUT2D eigenvalue weighted by atomic mass is 9.94. The molecule has 0 spiro atoms. The van der Waals surface area contributed by atoms with Crippen molar-refractivity contribution in [3.63, 3.8) is 0 Å². The normalized spacial score (nSPS) is 51.1. The van der Waals surface area contributed by atoms with E-state index in [1.165, 1.54) is 6.07 Å². The van der Waals surface area contributed by atoms with Crippen molar-refractivity contribution in [1.29, 1.82) is 0 Å². The van der Waals surface area contributed by atoms with E-state index < -0.39 is 224 Å². The van der Waals surface area contributed by atoms with Gasteiger partial charge in [0, 0.05) is 0 Å². The average Bonchev–Trinajstić information content (AvgIpc) is 3.38. The molecular formula is C43H66O30. The SMILES string of the molecule is Cc1ccccc1OC1C(O)[C@@H]2O[C@H](CO)C1OC1O[C@H](CO)[C@@H](O[C@H]3O[C@H](CO)[C@@H](O[C@H]4O[C@H](CO)[C@@H](O[C@H]5O[C@H](CO)[C@@H](O[C@H]6O[C@H](CO)[C@@H](O2)C(O)C6O)C(O)C5O)C(O)C4O)C(O)C3O)C(O)C1O. The maximum atomic E-state index is 12.0. The lowest BCUT2D eigenvalue weighted by Gasteiger charge is -2.51. The van der Waals surface area contributed by atoms with E-state index in [1.807, 2.05) is 0 Å². The molecule has 22 heterocycles. The molecule has 73 heavy (non-hydrogen) atoms. The van der Waals surface area contributed by atoms with E-state index in [1.54, 1.807) is 25.1 Å². The van der Waals surface area contributed by atoms with Crippen LogP contribution in [-0.2, 0) is 56.8 Å². The molecule has 22 aliphatic rings. The van der Waals surface area contributed by atoms with Crippen LogP contribution >= 0.6 is 0 Å². The van der Waals surface area contributed by atoms with E-state index >= 15 is 0 Å². The molecule has 0 aromatic heterocycles. The van der Waals surface area contributed by atoms with Gasteiger partial charge in [-0.05, 0) is 18.6 Å². The molecule has 0 radical (unpaired) electrons. The Kier molecular flexibility index (Phi) is 19.0. The molecule has 30 nitrogen and oxygen atoms in total. The Morgan fingerprint density at radius 3 is 0.808 bits per heavy atom. The summed E-state index contributed by atoms with van der Waals surface area (Å²) in [5, 5.41) is 188. The largest absolute Gasteiger partial charge is 0.484 e. The number of ether oxygens (including phenoxy) is 13. The van der Waals surface area contributed by atoms with E-state index in [2.05, 4.69) is 0 Å². The summed E-state index contributed by atoms with van der Waals surface area (Å²) in [6.07, 6.45) is -57.5. The van der Waals surface area contributed by atoms with E-state index in [0.29, 0.717) is 5.56 Å². The monoisotopic (exact) mass is 1060 g/mol. The van der Waals surface area contributed by atoms with Gasteiger partial charge in [0.15, 0.2) is 43.8 Å². The predicted molar refractivity (Wildman–Crippen MR) is 225 cm³/mol. The fourth-order valence-corrected chi connectivity index (χ4v) is 9.88. The van der Waals surface area contributed by atoms with Crippen molar-refractivity contribution in [2.45, 2.75) is 191 Å². The first-order valence-electron chi connectivity index (χ1n) is 23.6. The van der Waals surface area contributed by atoms with E-state index in [-0.39, 0.29) is 5.75 Å². The Bertz CT molecular complexity index is 1880. The molecule has 23 rings (SSSR count). The van der Waals surface area contributed by atoms with Gasteiger partial charge in [0.25, 0.3) is 0 Å². The van der Waals surface area contributed by atoms with Crippen molar-refractivity contribution in [2.75, 3.05) is 39.6 Å². The summed E-state index contributed by atoms with van der Waals surface area (Å²) in [4.78, 5) is 0. The Labute approximate surface area is 414 Å². The molecule has 17 N–H and O–H groups in total. The van der Waals surface area contributed by atoms with Gasteiger partial charge in [-0.15, -0.1) is 0 Å². The van der Waals surface area contributed by atoms with Crippen molar-refractivity contribution >= 4 is 0 Å². The standard InChI is InChI=1S/C43H66O30/c1-12-4-2-3-5-13(12)61-37-30(60)43-67-19(11-49)36(37)73-42-29(59)24(54)34(17(9-47)66-42)71-40-27(57)22(52)32(15(7-45)64-40)69-38-25(55)20(50)31(14(6-44)62-38)68-39-26(56)21(51)33(16(8-46)63-39)70-41-28(58)23(53)35(72-43)18(10-48)65-41/h2-5,14-60H,6-11H2,1H3/t14-,15-,16-,17-,18-,19-,20?,21?,22?,23?,24?,25?,26?,27?,28?,29?,30?,31-,32-,33-,34-,35-,36?,37?,38-,39-,40-,41-,42?,43-/m1/s1. The second-order valence-corrected chi connectivity index (χ2v) is 18.7. The van der Waals surface area contributed by atoms with E-state index in [4.69, 9.17) is 61.6 Å². The third-order valence-electron chi connectivity index (χ3n) is 14.0. The number of hydrogen-bond acceptors (Lipinski definition) is 30. The molecule has 0 aliphatic carbocycles. The fourth-order valence-electron chi connectivity index (χ4n) is 9.88. The molecule has 418 valence electrons. The summed E-state index contributed by atoms with van der Waals surface area (Å²) < 4.78 is 76.0. The van der Waals surface area contributed by atoms with Crippen LogP contribution in [0.4, 0.5) is 0 Å². The molecule has 1 aromatic carbocycles. The molecule has 0 saturated carbocycles. The van der Waals surface area contributed by atoms with Crippen LogP contribution in [0.5, 0.6) is 5.75 Å². The van der Waals surface area contributed by atoms with Gasteiger partial charge in [-0.2, -0.15) is 0 Å². The second kappa shape index (κ2) is 24.3. The summed E-state index contributed by atoms with van der Waals surface area (Å²) in [7, 11) is 0. The minimum absolute atomic E-state index is 0.148. The molecule has 1 aromatic rings. The number of hydrogen-bond donors (Lipinski definition) is 17. The third-order valence-corrected chi connectivity index (χ3v) is 14.0. The Hall–Kier alpha value is -2.14. The maximum Gasteiger partial charge on any atom is 0.188 e. The zero-order valence-electron chi connectivity index (χ0n) is 38.8. The van der Waals surface area contributed by atoms with Gasteiger partial charge in [0.1, 0.15) is 146 Å². The Morgan fingerprint density at radius 1 is 0.315 bits per heavy atom. The minimum Gasteiger partial charge on any atom is -0.484 e. The summed E-state index contributed by atoms with van der Waals surface area (Å²) >= 11 is 0. The van der Waals surface area contributed by atoms with E-state index in [9.17, 15) is 86.8 Å². The molecule has 0 amide bonds. The van der Waals surface area contributed by atoms with Gasteiger partial charge in [0.05, 0.1) is 39.6 Å². The molecule has 22 aliphatic heterocycles. The molecule has 30 heteroatoms. The summed E-state index contributed by atoms with van der Waals surface area (Å²) in [5.41, 5.74) is 0.523. The highest BCUT2D eigenvalue weighted by atomic mass is 16.8. The summed E-state index contributed by atoms with van der Waals surface area (Å²) in [5.74, 6) is 0.148. The van der Waals surface area contributed by atoms with Gasteiger partial charge in [0.2, 0.25) is 0 Å². The van der Waals surface area contributed by atoms with Gasteiger partial charge in [-0.1, -0.05) is 18.2 Å². The highest BCUT2D eigenvalue weighted by Gasteiger charge is 2.59. The van der Waals surface area contributed by atoms with Crippen LogP contribution in [0.2, 0.25) is 0 Å². The van der Waals surface area contributed by atoms with Crippen LogP contribution in [-0.4, -0.2) is 311 Å². The van der Waals surface area contributed by atoms with Crippen molar-refractivity contribution in [3.05, 3.63) is 29.8 Å². The quantitative estimate of drug-likeness (QED) is 0.115. The highest BCUT2D eigenvalue weighted by molar-refractivity contribution is 5.32. The number of aliphatic hydroxyl groups is 17. The van der Waals surface area contributed by atoms with Crippen molar-refractivity contribution in [1.82, 2.24) is 0 Å². The van der Waals surface area contributed by atoms with E-state index in [0.717, 1.165) is 0 Å². The maximum absolute atomic E-state index is 12.0. The second-order valence-electron chi connectivity index (χ2n) is 18.7. The van der Waals surface area contributed by atoms with Gasteiger partial charge < -0.3 is 148 Å². The molecular weight excluding hydrogens is 996 g/mol. The number of rotatable bonds is 8. The highest BCUT2D eigenvalue weighted by Crippen LogP contribution is 2.39. The van der Waals surface area contributed by atoms with Crippen LogP contribution in [0.3, 0.4) is 0 Å². The number of aliphatic hydroxyl groups excluding tert-OH is 17. The first kappa shape index (κ1) is 57.0. The van der Waals surface area contributed by atoms with Crippen molar-refractivity contribution in [2.24, 2.45) is 0 Å². The summed E-state index contributed by atoms with van der Waals surface area (Å²) in [6, 6.07) is 6.44. The minimum atomic E-state index is -2.15. The van der Waals surface area contributed by atoms with Crippen LogP contribution in [0.25, 0.3) is 0 Å². The van der Waals surface area contributed by atoms with Gasteiger partial charge in [-0.3, -0.25) is 0 Å². The van der Waals surface area contributed by atoms with Crippen molar-refractivity contribution < 1.29 is 148 Å². The number of benzene rings is 1. The lowest BCUT2D eigenvalue weighted by Crippen LogP contribution is -2.69. The number of aryl methyl sites for hydroxylation is 1. The molecule has 22 fully saturated rings.